The van der Waals surface area contributed by atoms with Crippen LogP contribution in [-0.2, 0) is 4.74 Å². The highest BCUT2D eigenvalue weighted by molar-refractivity contribution is 5.67. The van der Waals surface area contributed by atoms with Crippen LogP contribution in [0, 0.1) is 5.92 Å². The first-order chi connectivity index (χ1) is 11.1. The van der Waals surface area contributed by atoms with Crippen molar-refractivity contribution < 1.29 is 9.53 Å². The molecular formula is C20H41NO2. The summed E-state index contributed by atoms with van der Waals surface area (Å²) in [5.41, 5.74) is 0. The van der Waals surface area contributed by atoms with Gasteiger partial charge in [0, 0.05) is 13.1 Å². The second-order valence-corrected chi connectivity index (χ2v) is 6.72. The molecule has 2 unspecified atom stereocenters. The lowest BCUT2D eigenvalue weighted by Crippen LogP contribution is -2.35. The van der Waals surface area contributed by atoms with Crippen molar-refractivity contribution in [1.82, 2.24) is 4.90 Å². The van der Waals surface area contributed by atoms with Gasteiger partial charge in [-0.15, -0.1) is 0 Å². The number of carbonyl (C=O) groups is 1. The molecule has 0 fully saturated rings. The first-order valence-corrected chi connectivity index (χ1v) is 10.1. The van der Waals surface area contributed by atoms with Crippen LogP contribution in [-0.4, -0.2) is 30.2 Å². The van der Waals surface area contributed by atoms with Crippen molar-refractivity contribution in [3.8, 4) is 0 Å². The molecular weight excluding hydrogens is 286 g/mol. The van der Waals surface area contributed by atoms with E-state index in [-0.39, 0.29) is 12.2 Å². The Morgan fingerprint density at radius 1 is 0.826 bits per heavy atom. The number of unbranched alkanes of at least 4 members (excludes halogenated alkanes) is 6. The van der Waals surface area contributed by atoms with E-state index in [9.17, 15) is 4.79 Å². The first kappa shape index (κ1) is 22.3. The zero-order valence-electron chi connectivity index (χ0n) is 16.4. The fourth-order valence-electron chi connectivity index (χ4n) is 3.09. The van der Waals surface area contributed by atoms with E-state index >= 15 is 0 Å². The van der Waals surface area contributed by atoms with Gasteiger partial charge in [0.05, 0.1) is 0 Å². The fourth-order valence-corrected chi connectivity index (χ4v) is 3.09. The lowest BCUT2D eigenvalue weighted by atomic mass is 9.90. The van der Waals surface area contributed by atoms with Crippen LogP contribution in [0.2, 0.25) is 0 Å². The van der Waals surface area contributed by atoms with Crippen molar-refractivity contribution in [3.05, 3.63) is 0 Å². The summed E-state index contributed by atoms with van der Waals surface area (Å²) in [6, 6.07) is 0. The molecule has 3 nitrogen and oxygen atoms in total. The van der Waals surface area contributed by atoms with Gasteiger partial charge < -0.3 is 9.64 Å². The number of hydrogen-bond acceptors (Lipinski definition) is 2. The molecule has 0 aliphatic carbocycles. The summed E-state index contributed by atoms with van der Waals surface area (Å²) in [6.07, 6.45) is 12.6. The van der Waals surface area contributed by atoms with Crippen molar-refractivity contribution in [1.29, 1.82) is 0 Å². The molecule has 0 saturated carbocycles. The van der Waals surface area contributed by atoms with Crippen molar-refractivity contribution >= 4 is 6.09 Å². The molecule has 23 heavy (non-hydrogen) atoms. The van der Waals surface area contributed by atoms with Gasteiger partial charge in [0.15, 0.2) is 0 Å². The number of carbonyl (C=O) groups excluding carboxylic acids is 1. The SMILES string of the molecule is CCCCCCCC(CCCCC)C(C)OC(=O)N(CC)CC. The summed E-state index contributed by atoms with van der Waals surface area (Å²) >= 11 is 0. The Balaban J connectivity index is 4.35. The molecule has 0 aliphatic rings. The second-order valence-electron chi connectivity index (χ2n) is 6.72. The van der Waals surface area contributed by atoms with E-state index < -0.39 is 0 Å². The van der Waals surface area contributed by atoms with Crippen LogP contribution in [0.4, 0.5) is 4.79 Å². The van der Waals surface area contributed by atoms with E-state index in [1.165, 1.54) is 64.2 Å². The number of hydrogen-bond donors (Lipinski definition) is 0. The van der Waals surface area contributed by atoms with Gasteiger partial charge in [0.2, 0.25) is 0 Å². The van der Waals surface area contributed by atoms with Gasteiger partial charge >= 0.3 is 6.09 Å². The molecule has 0 spiro atoms. The molecule has 3 heteroatoms. The molecule has 0 N–H and O–H groups in total. The predicted molar refractivity (Wildman–Crippen MR) is 99.9 cm³/mol. The fraction of sp³-hybridized carbons (Fsp3) is 0.950. The zero-order valence-corrected chi connectivity index (χ0v) is 16.4. The van der Waals surface area contributed by atoms with Crippen molar-refractivity contribution in [2.45, 2.75) is 105 Å². The largest absolute Gasteiger partial charge is 0.446 e. The van der Waals surface area contributed by atoms with Crippen LogP contribution in [0.5, 0.6) is 0 Å². The van der Waals surface area contributed by atoms with Gasteiger partial charge in [-0.1, -0.05) is 65.2 Å². The Bertz CT molecular complexity index is 277. The van der Waals surface area contributed by atoms with Gasteiger partial charge in [-0.25, -0.2) is 4.79 Å². The quantitative estimate of drug-likeness (QED) is 0.345. The predicted octanol–water partition coefficient (Wildman–Crippen LogP) is 6.41. The Kier molecular flexibility index (Phi) is 14.4. The minimum Gasteiger partial charge on any atom is -0.446 e. The molecule has 0 saturated heterocycles. The van der Waals surface area contributed by atoms with Crippen LogP contribution < -0.4 is 0 Å². The van der Waals surface area contributed by atoms with E-state index in [0.29, 0.717) is 5.92 Å². The van der Waals surface area contributed by atoms with Gasteiger partial charge in [0.1, 0.15) is 6.10 Å². The van der Waals surface area contributed by atoms with E-state index in [4.69, 9.17) is 4.74 Å². The van der Waals surface area contributed by atoms with Crippen molar-refractivity contribution in [2.24, 2.45) is 5.92 Å². The molecule has 0 bridgehead atoms. The lowest BCUT2D eigenvalue weighted by molar-refractivity contribution is 0.0397. The van der Waals surface area contributed by atoms with Gasteiger partial charge in [-0.3, -0.25) is 0 Å². The standard InChI is InChI=1S/C20H41NO2/c1-6-10-12-13-15-17-19(16-14-11-7-2)18(5)23-20(22)21(8-3)9-4/h18-19H,6-17H2,1-5H3. The molecule has 0 heterocycles. The zero-order chi connectivity index (χ0) is 17.5. The second kappa shape index (κ2) is 14.8. The first-order valence-electron chi connectivity index (χ1n) is 10.1. The van der Waals surface area contributed by atoms with Crippen LogP contribution in [0.3, 0.4) is 0 Å². The highest BCUT2D eigenvalue weighted by Gasteiger charge is 2.22. The van der Waals surface area contributed by atoms with E-state index in [2.05, 4.69) is 20.8 Å². The maximum absolute atomic E-state index is 12.2. The molecule has 0 aromatic carbocycles. The number of amides is 1. The third-order valence-electron chi connectivity index (χ3n) is 4.83. The smallest absolute Gasteiger partial charge is 0.410 e. The minimum absolute atomic E-state index is 0.0335. The summed E-state index contributed by atoms with van der Waals surface area (Å²) in [5.74, 6) is 0.516. The maximum Gasteiger partial charge on any atom is 0.410 e. The van der Waals surface area contributed by atoms with Gasteiger partial charge in [-0.05, 0) is 39.5 Å². The Hall–Kier alpha value is -0.730. The van der Waals surface area contributed by atoms with E-state index in [1.54, 1.807) is 4.90 Å². The summed E-state index contributed by atoms with van der Waals surface area (Å²) in [6.45, 7) is 12.0. The summed E-state index contributed by atoms with van der Waals surface area (Å²) < 4.78 is 5.75. The maximum atomic E-state index is 12.2. The molecule has 0 radical (unpaired) electrons. The molecule has 0 aliphatic heterocycles. The third-order valence-corrected chi connectivity index (χ3v) is 4.83. The van der Waals surface area contributed by atoms with Gasteiger partial charge in [0.25, 0.3) is 0 Å². The van der Waals surface area contributed by atoms with Crippen molar-refractivity contribution in [3.63, 3.8) is 0 Å². The molecule has 0 rings (SSSR count). The van der Waals surface area contributed by atoms with Crippen LogP contribution in [0.15, 0.2) is 0 Å². The van der Waals surface area contributed by atoms with Crippen LogP contribution in [0.25, 0.3) is 0 Å². The normalized spacial score (nSPS) is 13.6. The summed E-state index contributed by atoms with van der Waals surface area (Å²) in [5, 5.41) is 0. The average Bonchev–Trinajstić information content (AvgIpc) is 2.54. The van der Waals surface area contributed by atoms with E-state index in [0.717, 1.165) is 13.1 Å². The monoisotopic (exact) mass is 327 g/mol. The van der Waals surface area contributed by atoms with Crippen molar-refractivity contribution in [2.75, 3.05) is 13.1 Å². The molecule has 0 aromatic rings. The number of rotatable bonds is 14. The minimum atomic E-state index is -0.144. The summed E-state index contributed by atoms with van der Waals surface area (Å²) in [7, 11) is 0. The summed E-state index contributed by atoms with van der Waals surface area (Å²) in [4.78, 5) is 13.9. The highest BCUT2D eigenvalue weighted by atomic mass is 16.6. The van der Waals surface area contributed by atoms with E-state index in [1.807, 2.05) is 13.8 Å². The Morgan fingerprint density at radius 2 is 1.30 bits per heavy atom. The number of nitrogens with zero attached hydrogens (tertiary/aromatic N) is 1. The molecule has 0 aromatic heterocycles. The average molecular weight is 328 g/mol. The third kappa shape index (κ3) is 10.6. The molecule has 138 valence electrons. The number of ether oxygens (including phenoxy) is 1. The van der Waals surface area contributed by atoms with Crippen LogP contribution in [0.1, 0.15) is 98.8 Å². The Labute approximate surface area is 145 Å². The van der Waals surface area contributed by atoms with Gasteiger partial charge in [-0.2, -0.15) is 0 Å². The highest BCUT2D eigenvalue weighted by Crippen LogP contribution is 2.24. The van der Waals surface area contributed by atoms with Crippen LogP contribution >= 0.6 is 0 Å². The Morgan fingerprint density at radius 3 is 1.83 bits per heavy atom. The molecule has 1 amide bonds. The topological polar surface area (TPSA) is 29.5 Å². The molecule has 2 atom stereocenters. The lowest BCUT2D eigenvalue weighted by Gasteiger charge is -2.27.